The molecule has 1 saturated heterocycles. The molecule has 0 amide bonds. The van der Waals surface area contributed by atoms with Gasteiger partial charge in [0, 0.05) is 25.2 Å². The minimum absolute atomic E-state index is 0.406. The molecule has 114 valence electrons. The van der Waals surface area contributed by atoms with Gasteiger partial charge in [-0.15, -0.1) is 0 Å². The summed E-state index contributed by atoms with van der Waals surface area (Å²) in [4.78, 5) is 19.3. The van der Waals surface area contributed by atoms with Crippen LogP contribution in [0, 0.1) is 6.92 Å². The van der Waals surface area contributed by atoms with Gasteiger partial charge in [-0.2, -0.15) is 4.98 Å². The van der Waals surface area contributed by atoms with Gasteiger partial charge in [0.25, 0.3) is 0 Å². The molecule has 1 aliphatic rings. The van der Waals surface area contributed by atoms with Crippen molar-refractivity contribution in [3.05, 3.63) is 5.69 Å². The number of aromatic nitrogens is 3. The summed E-state index contributed by atoms with van der Waals surface area (Å²) in [7, 11) is 0. The van der Waals surface area contributed by atoms with E-state index in [1.165, 1.54) is 11.3 Å². The number of likely N-dealkylation sites (N-methyl/N-ethyl adjacent to an activating group) is 1. The smallest absolute Gasteiger partial charge is 0.227 e. The number of nitrogen functional groups attached to an aromatic ring is 1. The molecule has 1 aliphatic heterocycles. The highest BCUT2D eigenvalue weighted by molar-refractivity contribution is 7.21. The van der Waals surface area contributed by atoms with Gasteiger partial charge in [-0.3, -0.25) is 4.90 Å². The molecule has 0 saturated carbocycles. The fourth-order valence-electron chi connectivity index (χ4n) is 3.00. The average Bonchev–Trinajstić information content (AvgIpc) is 2.82. The summed E-state index contributed by atoms with van der Waals surface area (Å²) in [6, 6.07) is 0.917. The van der Waals surface area contributed by atoms with Crippen molar-refractivity contribution in [3.63, 3.8) is 0 Å². The van der Waals surface area contributed by atoms with E-state index in [9.17, 15) is 0 Å². The zero-order valence-corrected chi connectivity index (χ0v) is 13.8. The van der Waals surface area contributed by atoms with Crippen molar-refractivity contribution in [3.8, 4) is 0 Å². The summed E-state index contributed by atoms with van der Waals surface area (Å²) in [5, 5.41) is 0.553. The quantitative estimate of drug-likeness (QED) is 0.913. The predicted octanol–water partition coefficient (Wildman–Crippen LogP) is 1.90. The third-order valence-corrected chi connectivity index (χ3v) is 4.99. The first-order chi connectivity index (χ1) is 9.99. The van der Waals surface area contributed by atoms with E-state index in [-0.39, 0.29) is 0 Å². The molecule has 7 heteroatoms. The molecular formula is C14H22N6S. The number of piperazine rings is 1. The Morgan fingerprint density at radius 1 is 1.19 bits per heavy atom. The number of hydrogen-bond acceptors (Lipinski definition) is 7. The molecule has 0 aromatic carbocycles. The van der Waals surface area contributed by atoms with Gasteiger partial charge < -0.3 is 10.6 Å². The molecule has 6 nitrogen and oxygen atoms in total. The van der Waals surface area contributed by atoms with Gasteiger partial charge in [0.2, 0.25) is 5.95 Å². The molecular weight excluding hydrogens is 284 g/mol. The fraction of sp³-hybridized carbons (Fsp3) is 0.643. The fourth-order valence-corrected chi connectivity index (χ4v) is 3.76. The monoisotopic (exact) mass is 306 g/mol. The predicted molar refractivity (Wildman–Crippen MR) is 87.9 cm³/mol. The molecule has 2 aromatic rings. The maximum atomic E-state index is 5.79. The lowest BCUT2D eigenvalue weighted by Gasteiger charge is -2.43. The Kier molecular flexibility index (Phi) is 3.71. The Morgan fingerprint density at radius 3 is 2.67 bits per heavy atom. The lowest BCUT2D eigenvalue weighted by Crippen LogP contribution is -2.56. The van der Waals surface area contributed by atoms with Crippen LogP contribution in [0.3, 0.4) is 0 Å². The van der Waals surface area contributed by atoms with Gasteiger partial charge in [-0.05, 0) is 27.3 Å². The Bertz CT molecular complexity index is 654. The van der Waals surface area contributed by atoms with Crippen LogP contribution >= 0.6 is 11.3 Å². The zero-order valence-electron chi connectivity index (χ0n) is 13.0. The van der Waals surface area contributed by atoms with Gasteiger partial charge in [-0.25, -0.2) is 9.97 Å². The van der Waals surface area contributed by atoms with Crippen molar-refractivity contribution >= 4 is 32.8 Å². The Labute approximate surface area is 129 Å². The molecule has 0 radical (unpaired) electrons. The van der Waals surface area contributed by atoms with Gasteiger partial charge in [0.1, 0.15) is 5.52 Å². The highest BCUT2D eigenvalue weighted by Crippen LogP contribution is 2.27. The van der Waals surface area contributed by atoms with Crippen molar-refractivity contribution in [2.75, 3.05) is 30.3 Å². The Balaban J connectivity index is 1.96. The SMILES string of the molecule is CCN1CC(C)N(c2nc(C)c3nc(N)sc3n2)CC1C. The van der Waals surface area contributed by atoms with Crippen LogP contribution in [-0.4, -0.2) is 51.6 Å². The molecule has 3 rings (SSSR count). The molecule has 2 unspecified atom stereocenters. The molecule has 2 N–H and O–H groups in total. The standard InChI is InChI=1S/C14H22N6S/c1-5-19-6-9(3)20(7-8(19)2)14-16-10(4)11-12(18-14)21-13(15)17-11/h8-9H,5-7H2,1-4H3,(H2,15,17). The van der Waals surface area contributed by atoms with Crippen LogP contribution in [0.15, 0.2) is 0 Å². The van der Waals surface area contributed by atoms with Crippen molar-refractivity contribution in [2.45, 2.75) is 39.8 Å². The lowest BCUT2D eigenvalue weighted by molar-refractivity contribution is 0.173. The third kappa shape index (κ3) is 2.55. The molecule has 21 heavy (non-hydrogen) atoms. The first-order valence-electron chi connectivity index (χ1n) is 7.41. The van der Waals surface area contributed by atoms with Crippen molar-refractivity contribution < 1.29 is 0 Å². The molecule has 0 spiro atoms. The van der Waals surface area contributed by atoms with E-state index < -0.39 is 0 Å². The third-order valence-electron chi connectivity index (χ3n) is 4.22. The number of nitrogens with zero attached hydrogens (tertiary/aromatic N) is 5. The second-order valence-electron chi connectivity index (χ2n) is 5.75. The number of fused-ring (bicyclic) bond motifs is 1. The number of nitrogens with two attached hydrogens (primary N) is 1. The maximum absolute atomic E-state index is 5.79. The van der Waals surface area contributed by atoms with E-state index in [1.54, 1.807) is 0 Å². The van der Waals surface area contributed by atoms with Gasteiger partial charge in [0.15, 0.2) is 9.96 Å². The van der Waals surface area contributed by atoms with E-state index >= 15 is 0 Å². The Morgan fingerprint density at radius 2 is 1.95 bits per heavy atom. The summed E-state index contributed by atoms with van der Waals surface area (Å²) in [5.74, 6) is 0.804. The molecule has 2 atom stereocenters. The molecule has 0 bridgehead atoms. The van der Waals surface area contributed by atoms with E-state index in [0.29, 0.717) is 17.2 Å². The van der Waals surface area contributed by atoms with E-state index in [1.807, 2.05) is 6.92 Å². The van der Waals surface area contributed by atoms with Crippen LogP contribution < -0.4 is 10.6 Å². The first kappa shape index (κ1) is 14.5. The number of hydrogen-bond donors (Lipinski definition) is 1. The van der Waals surface area contributed by atoms with Crippen LogP contribution in [0.1, 0.15) is 26.5 Å². The summed E-state index contributed by atoms with van der Waals surface area (Å²) >= 11 is 1.43. The highest BCUT2D eigenvalue weighted by Gasteiger charge is 2.30. The van der Waals surface area contributed by atoms with Crippen LogP contribution in [0.4, 0.5) is 11.1 Å². The van der Waals surface area contributed by atoms with Crippen LogP contribution in [0.5, 0.6) is 0 Å². The average molecular weight is 306 g/mol. The number of aryl methyl sites for hydroxylation is 1. The summed E-state index contributed by atoms with van der Waals surface area (Å²) in [6.45, 7) is 11.8. The Hall–Kier alpha value is -1.47. The molecule has 3 heterocycles. The number of thiazole rings is 1. The van der Waals surface area contributed by atoms with Gasteiger partial charge in [-0.1, -0.05) is 18.3 Å². The van der Waals surface area contributed by atoms with E-state index in [0.717, 1.165) is 41.6 Å². The van der Waals surface area contributed by atoms with Gasteiger partial charge in [0.05, 0.1) is 5.69 Å². The molecule has 1 fully saturated rings. The zero-order chi connectivity index (χ0) is 15.1. The highest BCUT2D eigenvalue weighted by atomic mass is 32.1. The van der Waals surface area contributed by atoms with Crippen molar-refractivity contribution in [2.24, 2.45) is 0 Å². The van der Waals surface area contributed by atoms with Crippen molar-refractivity contribution in [1.82, 2.24) is 19.9 Å². The van der Waals surface area contributed by atoms with E-state index in [2.05, 4.69) is 45.5 Å². The normalized spacial score (nSPS) is 23.9. The number of anilines is 2. The first-order valence-corrected chi connectivity index (χ1v) is 8.22. The molecule has 2 aromatic heterocycles. The van der Waals surface area contributed by atoms with Crippen LogP contribution in [-0.2, 0) is 0 Å². The summed E-state index contributed by atoms with van der Waals surface area (Å²) < 4.78 is 0. The second kappa shape index (κ2) is 5.38. The second-order valence-corrected chi connectivity index (χ2v) is 6.76. The van der Waals surface area contributed by atoms with E-state index in [4.69, 9.17) is 5.73 Å². The summed E-state index contributed by atoms with van der Waals surface area (Å²) in [6.07, 6.45) is 0. The largest absolute Gasteiger partial charge is 0.375 e. The van der Waals surface area contributed by atoms with Gasteiger partial charge >= 0.3 is 0 Å². The minimum Gasteiger partial charge on any atom is -0.375 e. The van der Waals surface area contributed by atoms with Crippen molar-refractivity contribution in [1.29, 1.82) is 0 Å². The maximum Gasteiger partial charge on any atom is 0.227 e. The number of rotatable bonds is 2. The molecule has 0 aliphatic carbocycles. The van der Waals surface area contributed by atoms with Crippen LogP contribution in [0.25, 0.3) is 10.3 Å². The topological polar surface area (TPSA) is 71.2 Å². The lowest BCUT2D eigenvalue weighted by atomic mass is 10.1. The minimum atomic E-state index is 0.406. The summed E-state index contributed by atoms with van der Waals surface area (Å²) in [5.41, 5.74) is 7.52. The van der Waals surface area contributed by atoms with Crippen LogP contribution in [0.2, 0.25) is 0 Å².